The van der Waals surface area contributed by atoms with Crippen LogP contribution in [0.4, 0.5) is 0 Å². The number of ether oxygens (including phenoxy) is 1. The molecule has 0 fully saturated rings. The highest BCUT2D eigenvalue weighted by Crippen LogP contribution is 2.22. The maximum absolute atomic E-state index is 12.1. The zero-order valence-corrected chi connectivity index (χ0v) is 13.6. The van der Waals surface area contributed by atoms with Crippen LogP contribution in [0.5, 0.6) is 5.75 Å². The van der Waals surface area contributed by atoms with Crippen LogP contribution in [0.2, 0.25) is 0 Å². The maximum Gasteiger partial charge on any atom is 0.252 e. The van der Waals surface area contributed by atoms with E-state index in [9.17, 15) is 9.90 Å². The van der Waals surface area contributed by atoms with Crippen molar-refractivity contribution in [2.45, 2.75) is 12.5 Å². The lowest BCUT2D eigenvalue weighted by Gasteiger charge is -2.22. The summed E-state index contributed by atoms with van der Waals surface area (Å²) in [6, 6.07) is 5.18. The number of rotatable bonds is 6. The lowest BCUT2D eigenvalue weighted by atomic mass is 10.1. The molecule has 0 radical (unpaired) electrons. The third-order valence-electron chi connectivity index (χ3n) is 2.50. The average Bonchev–Trinajstić information content (AvgIpc) is 2.36. The molecule has 0 saturated heterocycles. The van der Waals surface area contributed by atoms with Gasteiger partial charge in [0.05, 0.1) is 18.3 Å². The second-order valence-electron chi connectivity index (χ2n) is 4.46. The molecule has 1 atom stereocenters. The molecule has 0 heterocycles. The smallest absolute Gasteiger partial charge is 0.252 e. The molecule has 4 nitrogen and oxygen atoms in total. The first kappa shape index (κ1) is 16.3. The lowest BCUT2D eigenvalue weighted by molar-refractivity contribution is 0.0724. The Morgan fingerprint density at radius 2 is 2.26 bits per heavy atom. The largest absolute Gasteiger partial charge is 0.497 e. The Bertz CT molecular complexity index is 452. The van der Waals surface area contributed by atoms with E-state index in [0.717, 1.165) is 0 Å². The van der Waals surface area contributed by atoms with Crippen LogP contribution in [0.25, 0.3) is 0 Å². The Hall–Kier alpha value is -0.720. The van der Waals surface area contributed by atoms with Crippen molar-refractivity contribution in [3.05, 3.63) is 28.2 Å². The molecule has 0 spiro atoms. The maximum atomic E-state index is 12.1. The van der Waals surface area contributed by atoms with Gasteiger partial charge in [0.25, 0.3) is 5.91 Å². The summed E-state index contributed by atoms with van der Waals surface area (Å²) >= 11 is 4.86. The number of benzene rings is 1. The lowest BCUT2D eigenvalue weighted by Crippen LogP contribution is -2.42. The monoisotopic (exact) mass is 347 g/mol. The Labute approximate surface area is 126 Å². The second kappa shape index (κ2) is 7.17. The van der Waals surface area contributed by atoms with Gasteiger partial charge in [-0.2, -0.15) is 11.8 Å². The van der Waals surface area contributed by atoms with Gasteiger partial charge in [-0.05, 0) is 47.3 Å². The van der Waals surface area contributed by atoms with E-state index in [0.29, 0.717) is 21.5 Å². The number of aliphatic hydroxyl groups is 1. The zero-order chi connectivity index (χ0) is 14.5. The number of hydrogen-bond acceptors (Lipinski definition) is 4. The molecule has 0 saturated carbocycles. The van der Waals surface area contributed by atoms with E-state index in [4.69, 9.17) is 4.74 Å². The molecule has 1 aromatic carbocycles. The van der Waals surface area contributed by atoms with Crippen molar-refractivity contribution in [3.8, 4) is 5.75 Å². The minimum absolute atomic E-state index is 0.205. The van der Waals surface area contributed by atoms with Gasteiger partial charge in [0, 0.05) is 16.8 Å². The quantitative estimate of drug-likeness (QED) is 0.828. The van der Waals surface area contributed by atoms with Crippen LogP contribution in [0.1, 0.15) is 17.3 Å². The van der Waals surface area contributed by atoms with E-state index in [1.807, 2.05) is 6.26 Å². The molecular formula is C13H18BrNO3S. The molecule has 1 rings (SSSR count). The highest BCUT2D eigenvalue weighted by atomic mass is 79.9. The highest BCUT2D eigenvalue weighted by Gasteiger charge is 2.21. The van der Waals surface area contributed by atoms with Crippen molar-refractivity contribution < 1.29 is 14.6 Å². The van der Waals surface area contributed by atoms with Crippen molar-refractivity contribution in [2.75, 3.05) is 25.7 Å². The van der Waals surface area contributed by atoms with Crippen LogP contribution in [0.15, 0.2) is 22.7 Å². The average molecular weight is 348 g/mol. The van der Waals surface area contributed by atoms with Crippen LogP contribution < -0.4 is 10.1 Å². The molecule has 1 aromatic rings. The molecule has 1 unspecified atom stereocenters. The summed E-state index contributed by atoms with van der Waals surface area (Å²) in [5.41, 5.74) is -0.431. The minimum Gasteiger partial charge on any atom is -0.497 e. The SMILES string of the molecule is COc1ccc(Br)c(C(=O)NCC(C)(O)CSC)c1. The normalized spacial score (nSPS) is 13.7. The summed E-state index contributed by atoms with van der Waals surface area (Å²) in [5.74, 6) is 0.934. The molecule has 0 aliphatic heterocycles. The Balaban J connectivity index is 2.73. The van der Waals surface area contributed by atoms with E-state index >= 15 is 0 Å². The molecular weight excluding hydrogens is 330 g/mol. The predicted molar refractivity (Wildman–Crippen MR) is 82.0 cm³/mol. The number of thioether (sulfide) groups is 1. The molecule has 0 aromatic heterocycles. The summed E-state index contributed by atoms with van der Waals surface area (Å²) in [7, 11) is 1.55. The van der Waals surface area contributed by atoms with E-state index in [2.05, 4.69) is 21.2 Å². The molecule has 2 N–H and O–H groups in total. The number of amides is 1. The summed E-state index contributed by atoms with van der Waals surface area (Å²) in [6.07, 6.45) is 1.91. The van der Waals surface area contributed by atoms with Crippen molar-refractivity contribution in [1.29, 1.82) is 0 Å². The number of hydrogen-bond donors (Lipinski definition) is 2. The number of carbonyl (C=O) groups excluding carboxylic acids is 1. The van der Waals surface area contributed by atoms with Gasteiger partial charge in [-0.3, -0.25) is 4.79 Å². The van der Waals surface area contributed by atoms with Crippen molar-refractivity contribution in [3.63, 3.8) is 0 Å². The Morgan fingerprint density at radius 3 is 2.84 bits per heavy atom. The van der Waals surface area contributed by atoms with Crippen LogP contribution in [-0.4, -0.2) is 42.3 Å². The van der Waals surface area contributed by atoms with E-state index in [1.54, 1.807) is 32.2 Å². The first-order valence-corrected chi connectivity index (χ1v) is 7.91. The van der Waals surface area contributed by atoms with Crippen molar-refractivity contribution in [2.24, 2.45) is 0 Å². The topological polar surface area (TPSA) is 58.6 Å². The summed E-state index contributed by atoms with van der Waals surface area (Å²) in [5, 5.41) is 12.7. The third kappa shape index (κ3) is 5.04. The Kier molecular flexibility index (Phi) is 6.16. The fourth-order valence-electron chi connectivity index (χ4n) is 1.53. The minimum atomic E-state index is -0.916. The predicted octanol–water partition coefficient (Wildman–Crippen LogP) is 2.30. The number of carbonyl (C=O) groups is 1. The van der Waals surface area contributed by atoms with E-state index in [1.165, 1.54) is 11.8 Å². The van der Waals surface area contributed by atoms with Crippen LogP contribution in [0, 0.1) is 0 Å². The fraction of sp³-hybridized carbons (Fsp3) is 0.462. The summed E-state index contributed by atoms with van der Waals surface area (Å²) < 4.78 is 5.78. The molecule has 6 heteroatoms. The second-order valence-corrected chi connectivity index (χ2v) is 6.18. The highest BCUT2D eigenvalue weighted by molar-refractivity contribution is 9.10. The zero-order valence-electron chi connectivity index (χ0n) is 11.2. The van der Waals surface area contributed by atoms with Gasteiger partial charge in [-0.25, -0.2) is 0 Å². The standard InChI is InChI=1S/C13H18BrNO3S/c1-13(17,8-19-3)7-15-12(16)10-6-9(18-2)4-5-11(10)14/h4-6,17H,7-8H2,1-3H3,(H,15,16). The molecule has 1 amide bonds. The van der Waals surface area contributed by atoms with Gasteiger partial charge in [-0.15, -0.1) is 0 Å². The molecule has 106 valence electrons. The third-order valence-corrected chi connectivity index (χ3v) is 4.11. The van der Waals surface area contributed by atoms with Gasteiger partial charge in [0.1, 0.15) is 5.75 Å². The first-order chi connectivity index (χ1) is 8.89. The van der Waals surface area contributed by atoms with E-state index < -0.39 is 5.60 Å². The Morgan fingerprint density at radius 1 is 1.58 bits per heavy atom. The summed E-state index contributed by atoms with van der Waals surface area (Å²) in [6.45, 7) is 1.90. The van der Waals surface area contributed by atoms with E-state index in [-0.39, 0.29) is 12.5 Å². The molecule has 19 heavy (non-hydrogen) atoms. The first-order valence-electron chi connectivity index (χ1n) is 5.72. The van der Waals surface area contributed by atoms with Gasteiger partial charge < -0.3 is 15.2 Å². The van der Waals surface area contributed by atoms with Gasteiger partial charge >= 0.3 is 0 Å². The van der Waals surface area contributed by atoms with Gasteiger partial charge in [0.2, 0.25) is 0 Å². The molecule has 0 aliphatic rings. The van der Waals surface area contributed by atoms with Crippen LogP contribution >= 0.6 is 27.7 Å². The van der Waals surface area contributed by atoms with Crippen molar-refractivity contribution >= 4 is 33.6 Å². The number of nitrogens with one attached hydrogen (secondary N) is 1. The molecule has 0 bridgehead atoms. The summed E-state index contributed by atoms with van der Waals surface area (Å²) in [4.78, 5) is 12.1. The van der Waals surface area contributed by atoms with Crippen LogP contribution in [0.3, 0.4) is 0 Å². The van der Waals surface area contributed by atoms with Gasteiger partial charge in [0.15, 0.2) is 0 Å². The number of methoxy groups -OCH3 is 1. The van der Waals surface area contributed by atoms with Crippen LogP contribution in [-0.2, 0) is 0 Å². The van der Waals surface area contributed by atoms with Gasteiger partial charge in [-0.1, -0.05) is 0 Å². The molecule has 0 aliphatic carbocycles. The van der Waals surface area contributed by atoms with Crippen molar-refractivity contribution in [1.82, 2.24) is 5.32 Å². The number of halogens is 1. The fourth-order valence-corrected chi connectivity index (χ4v) is 2.68.